The number of non-ortho nitro benzene ring substituents is 1. The van der Waals surface area contributed by atoms with E-state index < -0.39 is 22.8 Å². The van der Waals surface area contributed by atoms with E-state index in [1.165, 1.54) is 29.2 Å². The number of carbonyl (C=O) groups excluding carboxylic acids is 1. The Morgan fingerprint density at radius 1 is 0.897 bits per heavy atom. The van der Waals surface area contributed by atoms with Crippen LogP contribution in [0.5, 0.6) is 0 Å². The van der Waals surface area contributed by atoms with Gasteiger partial charge in [-0.25, -0.2) is 4.79 Å². The summed E-state index contributed by atoms with van der Waals surface area (Å²) in [6.07, 6.45) is 0. The molecule has 1 amide bonds. The molecule has 0 fully saturated rings. The molecule has 0 spiro atoms. The molecule has 3 aromatic carbocycles. The number of nitro groups is 1. The van der Waals surface area contributed by atoms with Crippen LogP contribution in [0.1, 0.15) is 27.5 Å². The minimum Gasteiger partial charge on any atom is -0.479 e. The second kappa shape index (κ2) is 8.79. The van der Waals surface area contributed by atoms with E-state index in [2.05, 4.69) is 0 Å². The maximum atomic E-state index is 13.2. The molecule has 1 unspecified atom stereocenters. The number of hydrogen-bond acceptors (Lipinski definition) is 4. The number of aliphatic carboxylic acids is 1. The first kappa shape index (κ1) is 19.8. The van der Waals surface area contributed by atoms with Crippen molar-refractivity contribution in [3.8, 4) is 0 Å². The first-order valence-electron chi connectivity index (χ1n) is 8.84. The largest absolute Gasteiger partial charge is 0.479 e. The van der Waals surface area contributed by atoms with Gasteiger partial charge in [0, 0.05) is 24.2 Å². The van der Waals surface area contributed by atoms with Gasteiger partial charge in [0.1, 0.15) is 0 Å². The average molecular weight is 390 g/mol. The highest BCUT2D eigenvalue weighted by molar-refractivity contribution is 5.97. The highest BCUT2D eigenvalue weighted by atomic mass is 16.6. The van der Waals surface area contributed by atoms with Crippen LogP contribution in [-0.2, 0) is 11.3 Å². The fraction of sp³-hybridized carbons (Fsp3) is 0.0909. The van der Waals surface area contributed by atoms with E-state index in [1.807, 2.05) is 18.2 Å². The van der Waals surface area contributed by atoms with Crippen molar-refractivity contribution in [3.63, 3.8) is 0 Å². The van der Waals surface area contributed by atoms with Crippen molar-refractivity contribution in [1.29, 1.82) is 0 Å². The van der Waals surface area contributed by atoms with Crippen molar-refractivity contribution in [2.75, 3.05) is 0 Å². The Kier molecular flexibility index (Phi) is 5.99. The molecule has 0 bridgehead atoms. The van der Waals surface area contributed by atoms with E-state index in [0.29, 0.717) is 5.56 Å². The van der Waals surface area contributed by atoms with E-state index in [-0.39, 0.29) is 17.8 Å². The van der Waals surface area contributed by atoms with Crippen molar-refractivity contribution in [1.82, 2.24) is 4.90 Å². The number of carboxylic acids is 1. The van der Waals surface area contributed by atoms with Crippen LogP contribution in [0.25, 0.3) is 0 Å². The van der Waals surface area contributed by atoms with Crippen molar-refractivity contribution >= 4 is 17.6 Å². The van der Waals surface area contributed by atoms with Crippen LogP contribution in [0.3, 0.4) is 0 Å². The summed E-state index contributed by atoms with van der Waals surface area (Å²) in [7, 11) is 0. The van der Waals surface area contributed by atoms with Crippen LogP contribution in [0.2, 0.25) is 0 Å². The van der Waals surface area contributed by atoms with E-state index in [1.54, 1.807) is 42.5 Å². The molecule has 7 nitrogen and oxygen atoms in total. The molecule has 29 heavy (non-hydrogen) atoms. The number of amides is 1. The summed E-state index contributed by atoms with van der Waals surface area (Å²) in [6.45, 7) is 0.0719. The van der Waals surface area contributed by atoms with Crippen molar-refractivity contribution in [2.45, 2.75) is 12.6 Å². The molecule has 3 rings (SSSR count). The normalized spacial score (nSPS) is 11.4. The number of carbonyl (C=O) groups is 2. The van der Waals surface area contributed by atoms with Crippen LogP contribution in [0.15, 0.2) is 84.9 Å². The molecule has 1 atom stereocenters. The Morgan fingerprint density at radius 2 is 1.45 bits per heavy atom. The Hall–Kier alpha value is -4.00. The van der Waals surface area contributed by atoms with Gasteiger partial charge in [-0.05, 0) is 23.3 Å². The van der Waals surface area contributed by atoms with Crippen LogP contribution in [0, 0.1) is 10.1 Å². The first-order chi connectivity index (χ1) is 14.0. The lowest BCUT2D eigenvalue weighted by molar-refractivity contribution is -0.384. The molecular formula is C22H18N2O5. The molecule has 7 heteroatoms. The van der Waals surface area contributed by atoms with Crippen LogP contribution in [0.4, 0.5) is 5.69 Å². The predicted octanol–water partition coefficient (Wildman–Crippen LogP) is 4.06. The van der Waals surface area contributed by atoms with Crippen LogP contribution >= 0.6 is 0 Å². The van der Waals surface area contributed by atoms with Gasteiger partial charge in [0.15, 0.2) is 6.04 Å². The van der Waals surface area contributed by atoms with Gasteiger partial charge >= 0.3 is 5.97 Å². The van der Waals surface area contributed by atoms with E-state index in [4.69, 9.17) is 0 Å². The lowest BCUT2D eigenvalue weighted by atomic mass is 10.0. The van der Waals surface area contributed by atoms with Crippen LogP contribution in [-0.4, -0.2) is 26.8 Å². The summed E-state index contributed by atoms with van der Waals surface area (Å²) in [6, 6.07) is 21.5. The molecule has 0 heterocycles. The zero-order valence-electron chi connectivity index (χ0n) is 15.3. The standard InChI is InChI=1S/C22H18N2O5/c25-21(18-11-13-19(14-12-18)24(28)29)23(15-16-7-3-1-4-8-16)20(22(26)27)17-9-5-2-6-10-17/h1-14,20H,15H2,(H,26,27). The molecular weight excluding hydrogens is 372 g/mol. The smallest absolute Gasteiger partial charge is 0.331 e. The molecule has 0 aromatic heterocycles. The number of nitro benzene ring substituents is 1. The molecule has 0 aliphatic rings. The van der Waals surface area contributed by atoms with Gasteiger partial charge in [-0.15, -0.1) is 0 Å². The second-order valence-corrected chi connectivity index (χ2v) is 6.37. The predicted molar refractivity (Wildman–Crippen MR) is 106 cm³/mol. The Labute approximate surface area is 167 Å². The van der Waals surface area contributed by atoms with Gasteiger partial charge in [0.25, 0.3) is 11.6 Å². The van der Waals surface area contributed by atoms with E-state index in [0.717, 1.165) is 5.56 Å². The van der Waals surface area contributed by atoms with Crippen molar-refractivity contribution in [2.24, 2.45) is 0 Å². The number of nitrogens with zero attached hydrogens (tertiary/aromatic N) is 2. The third-order valence-corrected chi connectivity index (χ3v) is 4.44. The number of hydrogen-bond donors (Lipinski definition) is 1. The lowest BCUT2D eigenvalue weighted by Gasteiger charge is -2.29. The van der Waals surface area contributed by atoms with Crippen LogP contribution < -0.4 is 0 Å². The Bertz CT molecular complexity index is 1000. The minimum absolute atomic E-state index is 0.0719. The summed E-state index contributed by atoms with van der Waals surface area (Å²) in [5.74, 6) is -1.69. The van der Waals surface area contributed by atoms with Gasteiger partial charge in [-0.3, -0.25) is 14.9 Å². The third-order valence-electron chi connectivity index (χ3n) is 4.44. The summed E-state index contributed by atoms with van der Waals surface area (Å²) in [5.41, 5.74) is 1.26. The maximum absolute atomic E-state index is 13.2. The van der Waals surface area contributed by atoms with Gasteiger partial charge < -0.3 is 10.0 Å². The summed E-state index contributed by atoms with van der Waals surface area (Å²) < 4.78 is 0. The lowest BCUT2D eigenvalue weighted by Crippen LogP contribution is -2.38. The number of rotatable bonds is 7. The third kappa shape index (κ3) is 4.65. The van der Waals surface area contributed by atoms with Crippen molar-refractivity contribution < 1.29 is 19.6 Å². The van der Waals surface area contributed by atoms with Gasteiger partial charge in [0.05, 0.1) is 4.92 Å². The second-order valence-electron chi connectivity index (χ2n) is 6.37. The molecule has 0 aliphatic heterocycles. The number of benzene rings is 3. The fourth-order valence-electron chi connectivity index (χ4n) is 3.04. The molecule has 146 valence electrons. The molecule has 0 saturated carbocycles. The summed E-state index contributed by atoms with van der Waals surface area (Å²) in [5, 5.41) is 20.8. The van der Waals surface area contributed by atoms with Crippen molar-refractivity contribution in [3.05, 3.63) is 112 Å². The number of carboxylic acid groups (broad SMARTS) is 1. The quantitative estimate of drug-likeness (QED) is 0.484. The van der Waals surface area contributed by atoms with E-state index in [9.17, 15) is 24.8 Å². The first-order valence-corrected chi connectivity index (χ1v) is 8.84. The zero-order chi connectivity index (χ0) is 20.8. The summed E-state index contributed by atoms with van der Waals surface area (Å²) in [4.78, 5) is 36.9. The Morgan fingerprint density at radius 3 is 1.97 bits per heavy atom. The molecule has 1 N–H and O–H groups in total. The Balaban J connectivity index is 2.02. The van der Waals surface area contributed by atoms with E-state index >= 15 is 0 Å². The molecule has 0 aliphatic carbocycles. The molecule has 0 radical (unpaired) electrons. The zero-order valence-corrected chi connectivity index (χ0v) is 15.3. The fourth-order valence-corrected chi connectivity index (χ4v) is 3.04. The highest BCUT2D eigenvalue weighted by Gasteiger charge is 2.32. The molecule has 3 aromatic rings. The van der Waals surface area contributed by atoms with Gasteiger partial charge in [0.2, 0.25) is 0 Å². The minimum atomic E-state index is -1.21. The maximum Gasteiger partial charge on any atom is 0.331 e. The van der Waals surface area contributed by atoms with Gasteiger partial charge in [-0.1, -0.05) is 60.7 Å². The topological polar surface area (TPSA) is 101 Å². The molecule has 0 saturated heterocycles. The SMILES string of the molecule is O=C(O)C(c1ccccc1)N(Cc1ccccc1)C(=O)c1ccc([N+](=O)[O-])cc1. The average Bonchev–Trinajstić information content (AvgIpc) is 2.74. The summed E-state index contributed by atoms with van der Waals surface area (Å²) >= 11 is 0. The monoisotopic (exact) mass is 390 g/mol. The van der Waals surface area contributed by atoms with Gasteiger partial charge in [-0.2, -0.15) is 0 Å². The highest BCUT2D eigenvalue weighted by Crippen LogP contribution is 2.26.